The molecule has 0 aliphatic rings. The number of benzene rings is 2. The number of nitrogens with one attached hydrogen (secondary N) is 1. The molecule has 0 saturated heterocycles. The van der Waals surface area contributed by atoms with Crippen molar-refractivity contribution in [2.75, 3.05) is 0 Å². The van der Waals surface area contributed by atoms with Gasteiger partial charge in [0, 0.05) is 23.3 Å². The number of hydrogen-bond acceptors (Lipinski definition) is 3. The number of carbonyl (C=O) groups excluding carboxylic acids is 1. The number of nitrogens with zero attached hydrogens (tertiary/aromatic N) is 2. The van der Waals surface area contributed by atoms with Gasteiger partial charge in [0.25, 0.3) is 5.91 Å². The lowest BCUT2D eigenvalue weighted by Crippen LogP contribution is -2.32. The van der Waals surface area contributed by atoms with Gasteiger partial charge < -0.3 is 5.32 Å². The molecule has 1 N–H and O–H groups in total. The van der Waals surface area contributed by atoms with Crippen LogP contribution in [0.3, 0.4) is 0 Å². The van der Waals surface area contributed by atoms with Crippen molar-refractivity contribution in [3.8, 4) is 5.69 Å². The first-order chi connectivity index (χ1) is 13.7. The number of hydrogen-bond donors (Lipinski definition) is 1. The summed E-state index contributed by atoms with van der Waals surface area (Å²) in [4.78, 5) is 24.7. The highest BCUT2D eigenvalue weighted by Crippen LogP contribution is 2.33. The van der Waals surface area contributed by atoms with Gasteiger partial charge in [-0.05, 0) is 30.7 Å². The highest BCUT2D eigenvalue weighted by molar-refractivity contribution is 6.31. The molecule has 3 aromatic rings. The van der Waals surface area contributed by atoms with Gasteiger partial charge in [-0.3, -0.25) is 9.59 Å². The van der Waals surface area contributed by atoms with E-state index in [4.69, 9.17) is 11.6 Å². The topological polar surface area (TPSA) is 64.0 Å². The van der Waals surface area contributed by atoms with Gasteiger partial charge in [-0.1, -0.05) is 41.9 Å². The third kappa shape index (κ3) is 4.48. The molecule has 0 fully saturated rings. The van der Waals surface area contributed by atoms with Crippen molar-refractivity contribution in [3.63, 3.8) is 0 Å². The molecule has 0 radical (unpaired) electrons. The second kappa shape index (κ2) is 8.08. The molecule has 5 nitrogen and oxygen atoms in total. The predicted octanol–water partition coefficient (Wildman–Crippen LogP) is 4.14. The first kappa shape index (κ1) is 20.6. The highest BCUT2D eigenvalue weighted by atomic mass is 35.5. The van der Waals surface area contributed by atoms with Crippen LogP contribution in [0.5, 0.6) is 0 Å². The Balaban J connectivity index is 1.98. The lowest BCUT2D eigenvalue weighted by Gasteiger charge is -2.16. The van der Waals surface area contributed by atoms with Crippen molar-refractivity contribution in [3.05, 3.63) is 92.4 Å². The molecule has 0 bridgehead atoms. The molecule has 0 unspecified atom stereocenters. The summed E-state index contributed by atoms with van der Waals surface area (Å²) in [6.45, 7) is 1.47. The average Bonchev–Trinajstić information content (AvgIpc) is 2.66. The van der Waals surface area contributed by atoms with Crippen LogP contribution in [0.2, 0.25) is 5.02 Å². The minimum absolute atomic E-state index is 0.0344. The van der Waals surface area contributed by atoms with Crippen molar-refractivity contribution in [1.29, 1.82) is 0 Å². The molecular formula is C20H15ClF3N3O2. The zero-order valence-electron chi connectivity index (χ0n) is 15.1. The number of alkyl halides is 3. The average molecular weight is 422 g/mol. The summed E-state index contributed by atoms with van der Waals surface area (Å²) in [5, 5.41) is 6.86. The molecule has 0 saturated carbocycles. The maximum atomic E-state index is 13.4. The molecular weight excluding hydrogens is 407 g/mol. The summed E-state index contributed by atoms with van der Waals surface area (Å²) in [6.07, 6.45) is -4.62. The van der Waals surface area contributed by atoms with E-state index in [9.17, 15) is 22.8 Å². The van der Waals surface area contributed by atoms with Gasteiger partial charge in [0.1, 0.15) is 0 Å². The number of aryl methyl sites for hydroxylation is 1. The fourth-order valence-electron chi connectivity index (χ4n) is 2.75. The number of para-hydroxylation sites is 1. The van der Waals surface area contributed by atoms with Crippen molar-refractivity contribution in [2.24, 2.45) is 0 Å². The van der Waals surface area contributed by atoms with E-state index >= 15 is 0 Å². The summed E-state index contributed by atoms with van der Waals surface area (Å²) in [5.41, 5.74) is -1.63. The van der Waals surface area contributed by atoms with Crippen LogP contribution in [-0.4, -0.2) is 15.7 Å². The molecule has 2 aromatic carbocycles. The number of amides is 1. The summed E-state index contributed by atoms with van der Waals surface area (Å²) < 4.78 is 41.0. The Kier molecular flexibility index (Phi) is 5.74. The second-order valence-corrected chi connectivity index (χ2v) is 6.61. The molecule has 1 heterocycles. The minimum Gasteiger partial charge on any atom is -0.346 e. The van der Waals surface area contributed by atoms with E-state index in [2.05, 4.69) is 10.4 Å². The molecule has 0 atom stereocenters. The molecule has 9 heteroatoms. The minimum atomic E-state index is -4.62. The van der Waals surface area contributed by atoms with Gasteiger partial charge in [-0.2, -0.15) is 18.3 Å². The van der Waals surface area contributed by atoms with Crippen LogP contribution in [0.15, 0.2) is 59.4 Å². The Morgan fingerprint density at radius 2 is 1.79 bits per heavy atom. The van der Waals surface area contributed by atoms with Crippen LogP contribution < -0.4 is 10.7 Å². The zero-order chi connectivity index (χ0) is 21.2. The molecule has 0 spiro atoms. The Morgan fingerprint density at radius 1 is 1.14 bits per heavy atom. The third-order valence-electron chi connectivity index (χ3n) is 4.16. The summed E-state index contributed by atoms with van der Waals surface area (Å²) in [6, 6.07) is 12.7. The van der Waals surface area contributed by atoms with Gasteiger partial charge >= 0.3 is 6.18 Å². The van der Waals surface area contributed by atoms with Crippen LogP contribution in [0.25, 0.3) is 5.69 Å². The third-order valence-corrected chi connectivity index (χ3v) is 4.53. The molecule has 0 aliphatic heterocycles. The predicted molar refractivity (Wildman–Crippen MR) is 102 cm³/mol. The van der Waals surface area contributed by atoms with Crippen LogP contribution in [0.4, 0.5) is 13.2 Å². The molecule has 29 heavy (non-hydrogen) atoms. The fourth-order valence-corrected chi connectivity index (χ4v) is 2.95. The van der Waals surface area contributed by atoms with Gasteiger partial charge in [-0.15, -0.1) is 0 Å². The number of aromatic nitrogens is 2. The normalized spacial score (nSPS) is 11.3. The van der Waals surface area contributed by atoms with Gasteiger partial charge in [-0.25, -0.2) is 4.68 Å². The van der Waals surface area contributed by atoms with Gasteiger partial charge in [0.05, 0.1) is 11.3 Å². The standard InChI is InChI=1S/C20H15ClF3N3O2/c1-12-10-17(28)18(19(29)25-11-13-6-2-4-8-15(13)21)26-27(12)16-9-5-3-7-14(16)20(22,23)24/h2-10H,11H2,1H3,(H,25,29). The second-order valence-electron chi connectivity index (χ2n) is 6.20. The number of halogens is 4. The molecule has 1 aromatic heterocycles. The van der Waals surface area contributed by atoms with Gasteiger partial charge in [0.2, 0.25) is 5.43 Å². The smallest absolute Gasteiger partial charge is 0.346 e. The Bertz CT molecular complexity index is 1130. The van der Waals surface area contributed by atoms with Crippen molar-refractivity contribution in [2.45, 2.75) is 19.6 Å². The quantitative estimate of drug-likeness (QED) is 0.688. The SMILES string of the molecule is Cc1cc(=O)c(C(=O)NCc2ccccc2Cl)nn1-c1ccccc1C(F)(F)F. The number of rotatable bonds is 4. The molecule has 0 aliphatic carbocycles. The van der Waals surface area contributed by atoms with Crippen molar-refractivity contribution in [1.82, 2.24) is 15.1 Å². The Morgan fingerprint density at radius 3 is 2.48 bits per heavy atom. The maximum absolute atomic E-state index is 13.4. The summed E-state index contributed by atoms with van der Waals surface area (Å²) in [7, 11) is 0. The van der Waals surface area contributed by atoms with Gasteiger partial charge in [0.15, 0.2) is 5.69 Å². The molecule has 3 rings (SSSR count). The van der Waals surface area contributed by atoms with E-state index in [1.54, 1.807) is 24.3 Å². The molecule has 1 amide bonds. The van der Waals surface area contributed by atoms with Crippen LogP contribution in [-0.2, 0) is 12.7 Å². The monoisotopic (exact) mass is 421 g/mol. The largest absolute Gasteiger partial charge is 0.418 e. The summed E-state index contributed by atoms with van der Waals surface area (Å²) in [5.74, 6) is -0.812. The highest BCUT2D eigenvalue weighted by Gasteiger charge is 2.34. The lowest BCUT2D eigenvalue weighted by atomic mass is 10.1. The van der Waals surface area contributed by atoms with Crippen LogP contribution in [0.1, 0.15) is 27.3 Å². The van der Waals surface area contributed by atoms with E-state index < -0.39 is 28.8 Å². The van der Waals surface area contributed by atoms with Crippen LogP contribution >= 0.6 is 11.6 Å². The van der Waals surface area contributed by atoms with E-state index in [1.165, 1.54) is 25.1 Å². The van der Waals surface area contributed by atoms with E-state index in [-0.39, 0.29) is 17.9 Å². The first-order valence-electron chi connectivity index (χ1n) is 8.47. The summed E-state index contributed by atoms with van der Waals surface area (Å²) >= 11 is 6.03. The fraction of sp³-hybridized carbons (Fsp3) is 0.150. The maximum Gasteiger partial charge on any atom is 0.418 e. The van der Waals surface area contributed by atoms with E-state index in [0.717, 1.165) is 16.8 Å². The van der Waals surface area contributed by atoms with Crippen molar-refractivity contribution >= 4 is 17.5 Å². The van der Waals surface area contributed by atoms with E-state index in [0.29, 0.717) is 10.6 Å². The number of carbonyl (C=O) groups is 1. The Labute approximate surface area is 168 Å². The Hall–Kier alpha value is -3.13. The zero-order valence-corrected chi connectivity index (χ0v) is 15.9. The van der Waals surface area contributed by atoms with E-state index in [1.807, 2.05) is 0 Å². The van der Waals surface area contributed by atoms with Crippen LogP contribution in [0, 0.1) is 6.92 Å². The first-order valence-corrected chi connectivity index (χ1v) is 8.85. The molecule has 150 valence electrons. The lowest BCUT2D eigenvalue weighted by molar-refractivity contribution is -0.137. The van der Waals surface area contributed by atoms with Crippen molar-refractivity contribution < 1.29 is 18.0 Å².